The van der Waals surface area contributed by atoms with E-state index < -0.39 is 0 Å². The first-order chi connectivity index (χ1) is 9.47. The van der Waals surface area contributed by atoms with Crippen LogP contribution in [0.25, 0.3) is 5.57 Å². The van der Waals surface area contributed by atoms with Crippen LogP contribution in [0.15, 0.2) is 29.2 Å². The number of rotatable bonds is 3. The van der Waals surface area contributed by atoms with Crippen molar-refractivity contribution in [2.45, 2.75) is 20.8 Å². The number of thiocarbonyl (C=S) groups is 1. The summed E-state index contributed by atoms with van der Waals surface area (Å²) in [5.41, 5.74) is 2.15. The number of ketones is 1. The molecule has 0 saturated carbocycles. The topological polar surface area (TPSA) is 37.4 Å². The second-order valence-electron chi connectivity index (χ2n) is 4.42. The van der Waals surface area contributed by atoms with Gasteiger partial charge >= 0.3 is 0 Å². The van der Waals surface area contributed by atoms with Crippen LogP contribution in [0.2, 0.25) is 0 Å². The van der Waals surface area contributed by atoms with Gasteiger partial charge in [0.05, 0.1) is 16.2 Å². The third kappa shape index (κ3) is 2.55. The highest BCUT2D eigenvalue weighted by atomic mass is 32.2. The van der Waals surface area contributed by atoms with Gasteiger partial charge in [0.25, 0.3) is 5.91 Å². The number of hydrogen-bond acceptors (Lipinski definition) is 4. The molecule has 1 aliphatic heterocycles. The van der Waals surface area contributed by atoms with E-state index >= 15 is 0 Å². The molecule has 0 spiro atoms. The van der Waals surface area contributed by atoms with E-state index in [-0.39, 0.29) is 11.7 Å². The molecule has 0 atom stereocenters. The van der Waals surface area contributed by atoms with Crippen molar-refractivity contribution in [3.8, 4) is 0 Å². The van der Waals surface area contributed by atoms with Gasteiger partial charge in [0.15, 0.2) is 5.78 Å². The first-order valence-corrected chi connectivity index (χ1v) is 7.54. The lowest BCUT2D eigenvalue weighted by Crippen LogP contribution is -2.26. The fourth-order valence-electron chi connectivity index (χ4n) is 2.26. The molecule has 104 valence electrons. The summed E-state index contributed by atoms with van der Waals surface area (Å²) in [6.07, 6.45) is 0. The highest BCUT2D eigenvalue weighted by Crippen LogP contribution is 2.41. The largest absolute Gasteiger partial charge is 0.308 e. The highest BCUT2D eigenvalue weighted by Gasteiger charge is 2.34. The SMILES string of the molecule is CCN1C(=O)/C(=C(\SC(C)=S)C(C)=O)c2ccccc21. The summed E-state index contributed by atoms with van der Waals surface area (Å²) in [6.45, 7) is 5.72. The first kappa shape index (κ1) is 14.9. The lowest BCUT2D eigenvalue weighted by Gasteiger charge is -2.13. The second-order valence-corrected chi connectivity index (χ2v) is 6.52. The Bertz CT molecular complexity index is 635. The number of Topliss-reactive ketones (excluding diaryl/α,β-unsaturated/α-hetero) is 1. The minimum Gasteiger partial charge on any atom is -0.308 e. The molecular formula is C15H15NO2S2. The van der Waals surface area contributed by atoms with E-state index in [9.17, 15) is 9.59 Å². The molecule has 1 heterocycles. The van der Waals surface area contributed by atoms with Crippen LogP contribution >= 0.6 is 24.0 Å². The summed E-state index contributed by atoms with van der Waals surface area (Å²) in [5.74, 6) is -0.252. The van der Waals surface area contributed by atoms with Gasteiger partial charge in [-0.05, 0) is 26.8 Å². The van der Waals surface area contributed by atoms with Crippen LogP contribution in [0.1, 0.15) is 26.3 Å². The van der Waals surface area contributed by atoms with Gasteiger partial charge in [0, 0.05) is 16.3 Å². The zero-order valence-electron chi connectivity index (χ0n) is 11.6. The number of hydrogen-bond donors (Lipinski definition) is 0. The molecule has 1 aliphatic rings. The average Bonchev–Trinajstić information content (AvgIpc) is 2.67. The number of likely N-dealkylation sites (N-methyl/N-ethyl adjacent to an activating group) is 1. The Hall–Kier alpha value is -1.46. The van der Waals surface area contributed by atoms with Crippen molar-refractivity contribution in [2.75, 3.05) is 11.4 Å². The van der Waals surface area contributed by atoms with Crippen LogP contribution in [0.5, 0.6) is 0 Å². The molecule has 0 aromatic heterocycles. The number of anilines is 1. The maximum absolute atomic E-state index is 12.6. The van der Waals surface area contributed by atoms with E-state index in [0.717, 1.165) is 11.3 Å². The van der Waals surface area contributed by atoms with Gasteiger partial charge in [0.1, 0.15) is 0 Å². The Morgan fingerprint density at radius 1 is 1.30 bits per heavy atom. The van der Waals surface area contributed by atoms with E-state index in [1.165, 1.54) is 18.7 Å². The maximum atomic E-state index is 12.6. The van der Waals surface area contributed by atoms with Gasteiger partial charge in [-0.25, -0.2) is 0 Å². The fraction of sp³-hybridized carbons (Fsp3) is 0.267. The van der Waals surface area contributed by atoms with Crippen molar-refractivity contribution in [1.29, 1.82) is 0 Å². The number of amides is 1. The number of fused-ring (bicyclic) bond motifs is 1. The van der Waals surface area contributed by atoms with E-state index in [1.807, 2.05) is 31.2 Å². The van der Waals surface area contributed by atoms with E-state index in [4.69, 9.17) is 12.2 Å². The molecule has 0 saturated heterocycles. The summed E-state index contributed by atoms with van der Waals surface area (Å²) in [7, 11) is 0. The number of thioether (sulfide) groups is 1. The second kappa shape index (κ2) is 5.89. The van der Waals surface area contributed by atoms with Gasteiger partial charge < -0.3 is 4.90 Å². The predicted molar refractivity (Wildman–Crippen MR) is 87.9 cm³/mol. The maximum Gasteiger partial charge on any atom is 0.260 e. The molecule has 1 amide bonds. The molecule has 0 radical (unpaired) electrons. The number of benzene rings is 1. The molecule has 5 heteroatoms. The molecule has 2 rings (SSSR count). The van der Waals surface area contributed by atoms with Gasteiger partial charge in [0.2, 0.25) is 0 Å². The molecular weight excluding hydrogens is 290 g/mol. The van der Waals surface area contributed by atoms with E-state index in [1.54, 1.807) is 11.8 Å². The molecule has 0 fully saturated rings. The van der Waals surface area contributed by atoms with Crippen molar-refractivity contribution in [2.24, 2.45) is 0 Å². The lowest BCUT2D eigenvalue weighted by atomic mass is 10.1. The number of carbonyl (C=O) groups excluding carboxylic acids is 2. The van der Waals surface area contributed by atoms with Gasteiger partial charge in [-0.1, -0.05) is 42.2 Å². The van der Waals surface area contributed by atoms with Crippen molar-refractivity contribution < 1.29 is 9.59 Å². The van der Waals surface area contributed by atoms with Crippen molar-refractivity contribution in [1.82, 2.24) is 0 Å². The van der Waals surface area contributed by atoms with E-state index in [2.05, 4.69) is 0 Å². The third-order valence-corrected chi connectivity index (χ3v) is 4.27. The quantitative estimate of drug-likeness (QED) is 0.633. The summed E-state index contributed by atoms with van der Waals surface area (Å²) in [6, 6.07) is 7.54. The fourth-order valence-corrected chi connectivity index (χ4v) is 3.24. The number of carbonyl (C=O) groups is 2. The molecule has 0 N–H and O–H groups in total. The van der Waals surface area contributed by atoms with Crippen molar-refractivity contribution in [3.63, 3.8) is 0 Å². The number of allylic oxidation sites excluding steroid dienone is 1. The normalized spacial score (nSPS) is 16.1. The first-order valence-electron chi connectivity index (χ1n) is 6.32. The van der Waals surface area contributed by atoms with Crippen molar-refractivity contribution in [3.05, 3.63) is 34.7 Å². The molecule has 1 aromatic rings. The van der Waals surface area contributed by atoms with Crippen LogP contribution in [-0.4, -0.2) is 22.4 Å². The Morgan fingerprint density at radius 3 is 2.50 bits per heavy atom. The minimum absolute atomic E-state index is 0.123. The Kier molecular flexibility index (Phi) is 4.40. The van der Waals surface area contributed by atoms with Gasteiger partial charge in [-0.15, -0.1) is 0 Å². The molecule has 0 aliphatic carbocycles. The molecule has 1 aromatic carbocycles. The molecule has 20 heavy (non-hydrogen) atoms. The van der Waals surface area contributed by atoms with Crippen molar-refractivity contribution >= 4 is 51.1 Å². The summed E-state index contributed by atoms with van der Waals surface area (Å²) >= 11 is 6.27. The minimum atomic E-state index is -0.129. The Balaban J connectivity index is 2.69. The summed E-state index contributed by atoms with van der Waals surface area (Å²) in [5, 5.41) is 0. The standard InChI is InChI=1S/C15H15NO2S2/c1-4-16-12-8-6-5-7-11(12)13(15(16)18)14(9(2)17)20-10(3)19/h5-8H,4H2,1-3H3/b14-13-. The van der Waals surface area contributed by atoms with Gasteiger partial charge in [-0.3, -0.25) is 9.59 Å². The van der Waals surface area contributed by atoms with Crippen LogP contribution < -0.4 is 4.90 Å². The monoisotopic (exact) mass is 305 g/mol. The number of para-hydroxylation sites is 1. The molecule has 0 unspecified atom stereocenters. The Morgan fingerprint density at radius 2 is 1.95 bits per heavy atom. The zero-order valence-corrected chi connectivity index (χ0v) is 13.2. The summed E-state index contributed by atoms with van der Waals surface area (Å²) in [4.78, 5) is 26.6. The average molecular weight is 305 g/mol. The Labute approximate surface area is 128 Å². The van der Waals surface area contributed by atoms with Crippen LogP contribution in [0.4, 0.5) is 5.69 Å². The van der Waals surface area contributed by atoms with Crippen LogP contribution in [0.3, 0.4) is 0 Å². The van der Waals surface area contributed by atoms with E-state index in [0.29, 0.717) is 21.2 Å². The summed E-state index contributed by atoms with van der Waals surface area (Å²) < 4.78 is 0.628. The van der Waals surface area contributed by atoms with Crippen LogP contribution in [-0.2, 0) is 9.59 Å². The smallest absolute Gasteiger partial charge is 0.260 e. The predicted octanol–water partition coefficient (Wildman–Crippen LogP) is 3.43. The zero-order chi connectivity index (χ0) is 14.9. The lowest BCUT2D eigenvalue weighted by molar-refractivity contribution is -0.114. The third-order valence-electron chi connectivity index (χ3n) is 3.03. The molecule has 0 bridgehead atoms. The van der Waals surface area contributed by atoms with Crippen LogP contribution in [0, 0.1) is 0 Å². The number of nitrogens with zero attached hydrogens (tertiary/aromatic N) is 1. The highest BCUT2D eigenvalue weighted by molar-refractivity contribution is 8.26. The van der Waals surface area contributed by atoms with Gasteiger partial charge in [-0.2, -0.15) is 0 Å². The molecule has 3 nitrogen and oxygen atoms in total.